The molecule has 0 bridgehead atoms. The molecule has 8 heteroatoms. The van der Waals surface area contributed by atoms with Gasteiger partial charge in [-0.1, -0.05) is 48.8 Å². The molecule has 3 aromatic rings. The summed E-state index contributed by atoms with van der Waals surface area (Å²) in [5, 5.41) is 5.06. The van der Waals surface area contributed by atoms with Gasteiger partial charge in [0.25, 0.3) is 5.91 Å². The van der Waals surface area contributed by atoms with Crippen LogP contribution in [0.3, 0.4) is 0 Å². The molecule has 1 N–H and O–H groups in total. The fourth-order valence-electron chi connectivity index (χ4n) is 2.51. The molecule has 0 radical (unpaired) electrons. The maximum Gasteiger partial charge on any atom is 1.00 e. The van der Waals surface area contributed by atoms with E-state index in [4.69, 9.17) is 23.2 Å². The van der Waals surface area contributed by atoms with Gasteiger partial charge >= 0.3 is 29.6 Å². The Morgan fingerprint density at radius 2 is 1.86 bits per heavy atom. The number of pyridine rings is 1. The molecule has 0 saturated carbocycles. The maximum atomic E-state index is 12.3. The van der Waals surface area contributed by atoms with Gasteiger partial charge in [0.15, 0.2) is 5.17 Å². The van der Waals surface area contributed by atoms with E-state index in [-0.39, 0.29) is 44.3 Å². The van der Waals surface area contributed by atoms with Crippen molar-refractivity contribution in [2.45, 2.75) is 7.43 Å². The van der Waals surface area contributed by atoms with Crippen LogP contribution < -0.4 is 34.9 Å². The summed E-state index contributed by atoms with van der Waals surface area (Å²) in [5.41, 5.74) is 2.27. The Bertz CT molecular complexity index is 1090. The number of hydrogen-bond donors (Lipinski definition) is 1. The van der Waals surface area contributed by atoms with Crippen LogP contribution in [-0.4, -0.2) is 16.1 Å². The van der Waals surface area contributed by atoms with Gasteiger partial charge in [0, 0.05) is 11.6 Å². The van der Waals surface area contributed by atoms with Gasteiger partial charge in [-0.05, 0) is 53.7 Å². The van der Waals surface area contributed by atoms with Crippen LogP contribution in [0, 0.1) is 0 Å². The fraction of sp³-hybridized carbons (Fsp3) is 0.0500. The second-order valence-corrected chi connectivity index (χ2v) is 7.35. The van der Waals surface area contributed by atoms with Crippen molar-refractivity contribution in [2.24, 2.45) is 4.99 Å². The molecule has 4 rings (SSSR count). The van der Waals surface area contributed by atoms with Crippen LogP contribution >= 0.6 is 35.0 Å². The minimum absolute atomic E-state index is 0. The number of para-hydroxylation sites is 1. The molecule has 1 aromatic heterocycles. The zero-order valence-corrected chi connectivity index (χ0v) is 18.6. The van der Waals surface area contributed by atoms with Crippen molar-refractivity contribution in [1.82, 2.24) is 10.3 Å². The zero-order valence-electron chi connectivity index (χ0n) is 15.2. The molecule has 2 heterocycles. The number of nitrogens with zero attached hydrogens (tertiary/aromatic N) is 2. The molecule has 0 spiro atoms. The van der Waals surface area contributed by atoms with E-state index in [0.717, 1.165) is 16.5 Å². The first-order valence-corrected chi connectivity index (χ1v) is 9.26. The number of aromatic nitrogens is 1. The molecule has 1 saturated heterocycles. The Morgan fingerprint density at radius 3 is 2.61 bits per heavy atom. The van der Waals surface area contributed by atoms with Crippen LogP contribution in [0.15, 0.2) is 64.6 Å². The number of amidine groups is 1. The normalized spacial score (nSPS) is 16.0. The minimum Gasteiger partial charge on any atom is -1.00 e. The predicted octanol–water partition coefficient (Wildman–Crippen LogP) is 3.19. The number of carbonyl (C=O) groups excluding carboxylic acids is 1. The van der Waals surface area contributed by atoms with Gasteiger partial charge in [-0.3, -0.25) is 9.78 Å². The Hall–Kier alpha value is -1.34. The van der Waals surface area contributed by atoms with E-state index in [0.29, 0.717) is 25.8 Å². The number of carbonyl (C=O) groups is 1. The Kier molecular flexibility index (Phi) is 8.13. The minimum atomic E-state index is -0.205. The number of hydrogen-bond acceptors (Lipinski definition) is 4. The van der Waals surface area contributed by atoms with Crippen LogP contribution in [0.4, 0.5) is 5.69 Å². The fourth-order valence-corrected chi connectivity index (χ4v) is 3.82. The van der Waals surface area contributed by atoms with E-state index in [1.54, 1.807) is 24.4 Å². The first-order valence-electron chi connectivity index (χ1n) is 7.68. The Morgan fingerprint density at radius 1 is 1.11 bits per heavy atom. The maximum absolute atomic E-state index is 12.3. The summed E-state index contributed by atoms with van der Waals surface area (Å²) in [6.45, 7) is 0. The zero-order chi connectivity index (χ0) is 18.1. The Labute approximate surface area is 201 Å². The smallest absolute Gasteiger partial charge is 1.00 e. The largest absolute Gasteiger partial charge is 1.00 e. The van der Waals surface area contributed by atoms with E-state index in [2.05, 4.69) is 15.3 Å². The summed E-state index contributed by atoms with van der Waals surface area (Å²) >= 11 is 13.5. The number of benzene rings is 2. The van der Waals surface area contributed by atoms with Crippen molar-refractivity contribution >= 4 is 68.7 Å². The van der Waals surface area contributed by atoms with E-state index in [1.165, 1.54) is 11.8 Å². The van der Waals surface area contributed by atoms with Crippen LogP contribution in [0.2, 0.25) is 10.0 Å². The molecular weight excluding hydrogens is 424 g/mol. The number of halogens is 2. The number of aliphatic imine (C=N–C) groups is 1. The second kappa shape index (κ2) is 9.92. The van der Waals surface area contributed by atoms with Crippen molar-refractivity contribution in [3.05, 3.63) is 75.2 Å². The van der Waals surface area contributed by atoms with Gasteiger partial charge in [-0.15, -0.1) is 0 Å². The Balaban J connectivity index is 0.00000140. The van der Waals surface area contributed by atoms with Crippen molar-refractivity contribution in [1.29, 1.82) is 0 Å². The van der Waals surface area contributed by atoms with Crippen LogP contribution in [0.5, 0.6) is 0 Å². The first-order chi connectivity index (χ1) is 12.6. The molecular formula is C20H16Cl2N3NaOS. The van der Waals surface area contributed by atoms with Crippen molar-refractivity contribution < 1.29 is 35.8 Å². The number of thioether (sulfide) groups is 1. The summed E-state index contributed by atoms with van der Waals surface area (Å²) in [6.07, 6.45) is 3.58. The molecule has 1 fully saturated rings. The monoisotopic (exact) mass is 439 g/mol. The summed E-state index contributed by atoms with van der Waals surface area (Å²) in [5.74, 6) is -0.205. The molecule has 4 nitrogen and oxygen atoms in total. The van der Waals surface area contributed by atoms with Gasteiger partial charge < -0.3 is 6.74 Å². The number of nitrogens with one attached hydrogen (secondary N) is 1. The van der Waals surface area contributed by atoms with Crippen LogP contribution in [-0.2, 0) is 4.79 Å². The molecule has 0 unspecified atom stereocenters. The molecule has 1 aliphatic rings. The average Bonchev–Trinajstić information content (AvgIpc) is 2.97. The number of rotatable bonds is 2. The summed E-state index contributed by atoms with van der Waals surface area (Å²) in [4.78, 5) is 21.5. The van der Waals surface area contributed by atoms with Gasteiger partial charge in [-0.2, -0.15) is 0 Å². The quantitative estimate of drug-likeness (QED) is 0.492. The van der Waals surface area contributed by atoms with E-state index in [9.17, 15) is 4.79 Å². The molecule has 2 aromatic carbocycles. The van der Waals surface area contributed by atoms with Gasteiger partial charge in [0.1, 0.15) is 5.69 Å². The third-order valence-corrected chi connectivity index (χ3v) is 5.25. The van der Waals surface area contributed by atoms with Crippen LogP contribution in [0.1, 0.15) is 14.4 Å². The van der Waals surface area contributed by atoms with E-state index >= 15 is 0 Å². The van der Waals surface area contributed by atoms with Crippen LogP contribution in [0.25, 0.3) is 17.0 Å². The predicted molar refractivity (Wildman–Crippen MR) is 117 cm³/mol. The number of fused-ring (bicyclic) bond motifs is 1. The SMILES string of the molecule is C.O=C1NC(=Nc2c(Cl)cccc2Cl)S/C1=C\c1ccc2ncccc2c1.[H-].[Na+]. The summed E-state index contributed by atoms with van der Waals surface area (Å²) in [6, 6.07) is 14.9. The van der Waals surface area contributed by atoms with Gasteiger partial charge in [-0.25, -0.2) is 4.99 Å². The van der Waals surface area contributed by atoms with Crippen molar-refractivity contribution in [3.8, 4) is 0 Å². The van der Waals surface area contributed by atoms with Gasteiger partial charge in [0.2, 0.25) is 0 Å². The molecule has 28 heavy (non-hydrogen) atoms. The third-order valence-electron chi connectivity index (χ3n) is 3.73. The van der Waals surface area contributed by atoms with E-state index in [1.807, 2.05) is 36.4 Å². The molecule has 1 aliphatic heterocycles. The second-order valence-electron chi connectivity index (χ2n) is 5.51. The molecule has 0 atom stereocenters. The van der Waals surface area contributed by atoms with Crippen molar-refractivity contribution in [3.63, 3.8) is 0 Å². The first kappa shape index (κ1) is 22.9. The standard InChI is InChI=1S/C19H11Cl2N3OS.CH4.Na.H/c20-13-4-1-5-14(21)17(13)23-19-24-18(25)16(26-19)10-11-6-7-15-12(9-11)3-2-8-22-15;;;/h1-10H,(H,23,24,25);1H4;;/q;;+1;-1/b16-10-;;;. The average molecular weight is 440 g/mol. The molecule has 0 aliphatic carbocycles. The molecule has 1 amide bonds. The summed E-state index contributed by atoms with van der Waals surface area (Å²) < 4.78 is 0. The summed E-state index contributed by atoms with van der Waals surface area (Å²) in [7, 11) is 0. The van der Waals surface area contributed by atoms with E-state index < -0.39 is 0 Å². The van der Waals surface area contributed by atoms with Gasteiger partial charge in [0.05, 0.1) is 20.5 Å². The topological polar surface area (TPSA) is 54.4 Å². The number of amides is 1. The van der Waals surface area contributed by atoms with Crippen molar-refractivity contribution in [2.75, 3.05) is 0 Å². The third kappa shape index (κ3) is 4.98. The molecule has 138 valence electrons.